The van der Waals surface area contributed by atoms with E-state index in [2.05, 4.69) is 5.32 Å². The van der Waals surface area contributed by atoms with Crippen LogP contribution in [0.15, 0.2) is 29.6 Å². The lowest BCUT2D eigenvalue weighted by atomic mass is 10.0. The third kappa shape index (κ3) is 3.78. The van der Waals surface area contributed by atoms with Crippen LogP contribution in [0.5, 0.6) is 0 Å². The van der Waals surface area contributed by atoms with Gasteiger partial charge in [0.2, 0.25) is 0 Å². The molecule has 1 atom stereocenters. The van der Waals surface area contributed by atoms with Crippen LogP contribution < -0.4 is 5.32 Å². The number of benzene rings is 1. The van der Waals surface area contributed by atoms with Gasteiger partial charge in [0.05, 0.1) is 10.6 Å². The van der Waals surface area contributed by atoms with Gasteiger partial charge in [-0.2, -0.15) is 13.2 Å². The molecule has 0 saturated carbocycles. The minimum atomic E-state index is -4.30. The van der Waals surface area contributed by atoms with Crippen molar-refractivity contribution in [3.63, 3.8) is 0 Å². The molecule has 2 aromatic rings. The molecule has 1 unspecified atom stereocenters. The fourth-order valence-corrected chi connectivity index (χ4v) is 3.51. The van der Waals surface area contributed by atoms with Crippen LogP contribution in [-0.2, 0) is 12.6 Å². The highest BCUT2D eigenvalue weighted by molar-refractivity contribution is 7.10. The van der Waals surface area contributed by atoms with Gasteiger partial charge < -0.3 is 5.32 Å². The van der Waals surface area contributed by atoms with Gasteiger partial charge in [-0.1, -0.05) is 23.7 Å². The third-order valence-corrected chi connectivity index (χ3v) is 5.14. The van der Waals surface area contributed by atoms with Crippen LogP contribution in [0, 0.1) is 6.92 Å². The predicted octanol–water partition coefficient (Wildman–Crippen LogP) is 5.23. The summed E-state index contributed by atoms with van der Waals surface area (Å²) in [5, 5.41) is 5.88. The monoisotopic (exact) mass is 333 g/mol. The van der Waals surface area contributed by atoms with E-state index in [-0.39, 0.29) is 6.04 Å². The highest BCUT2D eigenvalue weighted by Crippen LogP contribution is 2.34. The summed E-state index contributed by atoms with van der Waals surface area (Å²) in [6.45, 7) is 1.94. The molecule has 0 bridgehead atoms. The lowest BCUT2D eigenvalue weighted by molar-refractivity contribution is -0.137. The van der Waals surface area contributed by atoms with Crippen molar-refractivity contribution in [2.24, 2.45) is 0 Å². The van der Waals surface area contributed by atoms with Crippen molar-refractivity contribution in [1.29, 1.82) is 0 Å². The second-order valence-electron chi connectivity index (χ2n) is 4.84. The van der Waals surface area contributed by atoms with Crippen LogP contribution in [0.1, 0.15) is 27.6 Å². The summed E-state index contributed by atoms with van der Waals surface area (Å²) in [6.07, 6.45) is -3.70. The molecule has 6 heteroatoms. The van der Waals surface area contributed by atoms with E-state index in [0.29, 0.717) is 6.42 Å². The Morgan fingerprint density at radius 2 is 1.86 bits per heavy atom. The highest BCUT2D eigenvalue weighted by atomic mass is 35.5. The molecule has 2 rings (SSSR count). The minimum absolute atomic E-state index is 0.00654. The molecule has 1 aromatic heterocycles. The van der Waals surface area contributed by atoms with Crippen LogP contribution in [0.3, 0.4) is 0 Å². The molecule has 0 saturated heterocycles. The number of alkyl halides is 3. The van der Waals surface area contributed by atoms with Gasteiger partial charge in [0, 0.05) is 10.9 Å². The topological polar surface area (TPSA) is 12.0 Å². The maximum Gasteiger partial charge on any atom is 0.416 e. The Kier molecular flexibility index (Phi) is 4.96. The molecule has 0 spiro atoms. The number of rotatable bonds is 4. The number of likely N-dealkylation sites (N-methyl/N-ethyl adjacent to an activating group) is 1. The van der Waals surface area contributed by atoms with Gasteiger partial charge in [0.15, 0.2) is 0 Å². The van der Waals surface area contributed by atoms with Crippen molar-refractivity contribution in [2.45, 2.75) is 25.6 Å². The van der Waals surface area contributed by atoms with Gasteiger partial charge in [0.25, 0.3) is 0 Å². The zero-order valence-corrected chi connectivity index (χ0v) is 13.2. The van der Waals surface area contributed by atoms with E-state index >= 15 is 0 Å². The fraction of sp³-hybridized carbons (Fsp3) is 0.333. The van der Waals surface area contributed by atoms with E-state index < -0.39 is 11.7 Å². The molecule has 0 fully saturated rings. The van der Waals surface area contributed by atoms with Gasteiger partial charge in [-0.15, -0.1) is 11.3 Å². The first-order valence-electron chi connectivity index (χ1n) is 6.39. The number of thiophene rings is 1. The van der Waals surface area contributed by atoms with Gasteiger partial charge in [0.1, 0.15) is 0 Å². The standard InChI is InChI=1S/C15H15ClF3NS/c1-9-8-21-14(13(9)16)12(20-2)7-10-3-5-11(6-4-10)15(17,18)19/h3-6,8,12,20H,7H2,1-2H3. The quantitative estimate of drug-likeness (QED) is 0.807. The molecular formula is C15H15ClF3NS. The van der Waals surface area contributed by atoms with Gasteiger partial charge >= 0.3 is 6.18 Å². The lowest BCUT2D eigenvalue weighted by Gasteiger charge is -2.16. The van der Waals surface area contributed by atoms with Crippen molar-refractivity contribution in [3.05, 3.63) is 56.2 Å². The smallest absolute Gasteiger partial charge is 0.312 e. The van der Waals surface area contributed by atoms with Crippen LogP contribution in [0.2, 0.25) is 5.02 Å². The zero-order chi connectivity index (χ0) is 15.6. The normalized spacial score (nSPS) is 13.4. The number of aryl methyl sites for hydroxylation is 1. The first-order valence-corrected chi connectivity index (χ1v) is 7.65. The molecule has 0 aliphatic carbocycles. The number of nitrogens with one attached hydrogen (secondary N) is 1. The Bertz CT molecular complexity index is 604. The summed E-state index contributed by atoms with van der Waals surface area (Å²) < 4.78 is 37.6. The maximum atomic E-state index is 12.5. The molecule has 0 radical (unpaired) electrons. The first-order chi connectivity index (χ1) is 9.82. The Hall–Kier alpha value is -1.04. The van der Waals surface area contributed by atoms with Gasteiger partial charge in [-0.3, -0.25) is 0 Å². The van der Waals surface area contributed by atoms with Crippen molar-refractivity contribution in [2.75, 3.05) is 7.05 Å². The third-order valence-electron chi connectivity index (χ3n) is 3.31. The van der Waals surface area contributed by atoms with Gasteiger partial charge in [-0.05, 0) is 49.0 Å². The molecule has 114 valence electrons. The minimum Gasteiger partial charge on any atom is -0.312 e. The van der Waals surface area contributed by atoms with Crippen LogP contribution in [0.25, 0.3) is 0 Å². The Morgan fingerprint density at radius 3 is 2.29 bits per heavy atom. The lowest BCUT2D eigenvalue weighted by Crippen LogP contribution is -2.18. The highest BCUT2D eigenvalue weighted by Gasteiger charge is 2.30. The molecular weight excluding hydrogens is 319 g/mol. The summed E-state index contributed by atoms with van der Waals surface area (Å²) in [7, 11) is 1.82. The summed E-state index contributed by atoms with van der Waals surface area (Å²) >= 11 is 7.82. The van der Waals surface area contributed by atoms with Crippen LogP contribution in [0.4, 0.5) is 13.2 Å². The van der Waals surface area contributed by atoms with Crippen molar-refractivity contribution in [1.82, 2.24) is 5.32 Å². The van der Waals surface area contributed by atoms with E-state index in [0.717, 1.165) is 33.2 Å². The van der Waals surface area contributed by atoms with Gasteiger partial charge in [-0.25, -0.2) is 0 Å². The maximum absolute atomic E-state index is 12.5. The van der Waals surface area contributed by atoms with E-state index in [9.17, 15) is 13.2 Å². The number of halogens is 4. The SMILES string of the molecule is CNC(Cc1ccc(C(F)(F)F)cc1)c1scc(C)c1Cl. The zero-order valence-electron chi connectivity index (χ0n) is 11.6. The Balaban J connectivity index is 2.18. The molecule has 0 amide bonds. The van der Waals surface area contributed by atoms with E-state index in [1.807, 2.05) is 19.4 Å². The molecule has 1 N–H and O–H groups in total. The summed E-state index contributed by atoms with van der Waals surface area (Å²) in [5.41, 5.74) is 1.23. The Morgan fingerprint density at radius 1 is 1.24 bits per heavy atom. The summed E-state index contributed by atoms with van der Waals surface area (Å²) in [5.74, 6) is 0. The average Bonchev–Trinajstić information content (AvgIpc) is 2.76. The molecule has 1 aromatic carbocycles. The fourth-order valence-electron chi connectivity index (χ4n) is 2.08. The average molecular weight is 334 g/mol. The second-order valence-corrected chi connectivity index (χ2v) is 6.13. The summed E-state index contributed by atoms with van der Waals surface area (Å²) in [6, 6.07) is 5.25. The molecule has 1 heterocycles. The molecule has 0 aliphatic rings. The van der Waals surface area contributed by atoms with E-state index in [1.165, 1.54) is 12.1 Å². The van der Waals surface area contributed by atoms with E-state index in [4.69, 9.17) is 11.6 Å². The second kappa shape index (κ2) is 6.38. The van der Waals surface area contributed by atoms with Crippen LogP contribution >= 0.6 is 22.9 Å². The number of hydrogen-bond acceptors (Lipinski definition) is 2. The van der Waals surface area contributed by atoms with E-state index in [1.54, 1.807) is 11.3 Å². The van der Waals surface area contributed by atoms with Crippen molar-refractivity contribution < 1.29 is 13.2 Å². The number of hydrogen-bond donors (Lipinski definition) is 1. The van der Waals surface area contributed by atoms with Crippen LogP contribution in [-0.4, -0.2) is 7.05 Å². The predicted molar refractivity (Wildman–Crippen MR) is 81.0 cm³/mol. The molecule has 21 heavy (non-hydrogen) atoms. The molecule has 1 nitrogen and oxygen atoms in total. The molecule has 0 aliphatic heterocycles. The van der Waals surface area contributed by atoms with Crippen molar-refractivity contribution >= 4 is 22.9 Å². The Labute approximate surface area is 130 Å². The first kappa shape index (κ1) is 16.3. The summed E-state index contributed by atoms with van der Waals surface area (Å²) in [4.78, 5) is 1.01. The largest absolute Gasteiger partial charge is 0.416 e. The van der Waals surface area contributed by atoms with Crippen molar-refractivity contribution in [3.8, 4) is 0 Å².